The molecular weight excluding hydrogens is 491 g/mol. The van der Waals surface area contributed by atoms with E-state index in [1.807, 2.05) is 20.9 Å². The van der Waals surface area contributed by atoms with E-state index in [2.05, 4.69) is 15.2 Å². The van der Waals surface area contributed by atoms with Crippen LogP contribution in [0.5, 0.6) is 0 Å². The minimum Gasteiger partial charge on any atom is -0.378 e. The predicted molar refractivity (Wildman–Crippen MR) is 124 cm³/mol. The number of nitrogens with one attached hydrogen (secondary N) is 1. The third kappa shape index (κ3) is 6.98. The molecule has 2 saturated carbocycles. The van der Waals surface area contributed by atoms with Gasteiger partial charge in [-0.3, -0.25) is 4.99 Å². The van der Waals surface area contributed by atoms with Crippen molar-refractivity contribution in [2.75, 3.05) is 52.1 Å². The van der Waals surface area contributed by atoms with Crippen LogP contribution in [0.2, 0.25) is 0 Å². The second-order valence-electron chi connectivity index (χ2n) is 8.39. The van der Waals surface area contributed by atoms with Crippen LogP contribution in [0.15, 0.2) is 4.99 Å². The Morgan fingerprint density at radius 2 is 1.68 bits per heavy atom. The van der Waals surface area contributed by atoms with Gasteiger partial charge in [0.05, 0.1) is 18.5 Å². The van der Waals surface area contributed by atoms with Crippen molar-refractivity contribution in [2.24, 2.45) is 22.7 Å². The molecule has 0 atom stereocenters. The van der Waals surface area contributed by atoms with E-state index in [1.165, 1.54) is 25.7 Å². The fourth-order valence-electron chi connectivity index (χ4n) is 4.00. The van der Waals surface area contributed by atoms with Crippen LogP contribution in [0.25, 0.3) is 0 Å². The van der Waals surface area contributed by atoms with Crippen molar-refractivity contribution >= 4 is 40.0 Å². The summed E-state index contributed by atoms with van der Waals surface area (Å²) in [6.07, 6.45) is 5.61. The normalized spacial score (nSPS) is 21.9. The lowest BCUT2D eigenvalue weighted by Gasteiger charge is -2.36. The van der Waals surface area contributed by atoms with Gasteiger partial charge >= 0.3 is 0 Å². The Kier molecular flexibility index (Phi) is 9.28. The van der Waals surface area contributed by atoms with E-state index in [9.17, 15) is 8.42 Å². The number of ether oxygens (including phenoxy) is 1. The highest BCUT2D eigenvalue weighted by molar-refractivity contribution is 14.0. The average molecular weight is 529 g/mol. The molecule has 0 bridgehead atoms. The molecule has 0 aromatic rings. The summed E-state index contributed by atoms with van der Waals surface area (Å²) in [5, 5.41) is 3.57. The van der Waals surface area contributed by atoms with Gasteiger partial charge in [0, 0.05) is 39.8 Å². The zero-order valence-corrected chi connectivity index (χ0v) is 20.6. The van der Waals surface area contributed by atoms with Crippen molar-refractivity contribution in [2.45, 2.75) is 45.6 Å². The van der Waals surface area contributed by atoms with E-state index in [1.54, 1.807) is 4.31 Å². The highest BCUT2D eigenvalue weighted by atomic mass is 127. The second-order valence-corrected chi connectivity index (χ2v) is 10.5. The van der Waals surface area contributed by atoms with Crippen LogP contribution in [-0.4, -0.2) is 81.8 Å². The van der Waals surface area contributed by atoms with Crippen molar-refractivity contribution in [3.05, 3.63) is 0 Å². The molecule has 0 radical (unpaired) electrons. The molecule has 28 heavy (non-hydrogen) atoms. The summed E-state index contributed by atoms with van der Waals surface area (Å²) in [7, 11) is -1.43. The van der Waals surface area contributed by atoms with E-state index in [-0.39, 0.29) is 42.4 Å². The van der Waals surface area contributed by atoms with Crippen molar-refractivity contribution < 1.29 is 13.2 Å². The maximum Gasteiger partial charge on any atom is 0.216 e. The Balaban J connectivity index is 0.00000280. The van der Waals surface area contributed by atoms with Crippen molar-refractivity contribution in [1.82, 2.24) is 14.5 Å². The van der Waals surface area contributed by atoms with Crippen LogP contribution in [0.1, 0.15) is 39.5 Å². The molecular formula is C19H37IN4O3S. The third-order valence-corrected chi connectivity index (χ3v) is 7.72. The molecule has 0 unspecified atom stereocenters. The largest absolute Gasteiger partial charge is 0.378 e. The first-order valence-corrected chi connectivity index (χ1v) is 12.1. The second kappa shape index (κ2) is 10.8. The van der Waals surface area contributed by atoms with E-state index >= 15 is 0 Å². The van der Waals surface area contributed by atoms with Gasteiger partial charge < -0.3 is 15.0 Å². The first kappa shape index (κ1) is 24.1. The molecule has 3 aliphatic rings. The van der Waals surface area contributed by atoms with Gasteiger partial charge in [0.25, 0.3) is 0 Å². The SMILES string of the molecule is CN=C(NCC(C1CC1)C1CC1)N1CCN(S(=O)(=O)CCOC(C)C)CC1.I. The number of hydrogen-bond acceptors (Lipinski definition) is 4. The van der Waals surface area contributed by atoms with Crippen molar-refractivity contribution in [1.29, 1.82) is 0 Å². The smallest absolute Gasteiger partial charge is 0.216 e. The van der Waals surface area contributed by atoms with Crippen LogP contribution >= 0.6 is 24.0 Å². The van der Waals surface area contributed by atoms with E-state index in [4.69, 9.17) is 4.74 Å². The maximum atomic E-state index is 12.5. The molecule has 3 rings (SSSR count). The molecule has 9 heteroatoms. The zero-order chi connectivity index (χ0) is 19.4. The van der Waals surface area contributed by atoms with Gasteiger partial charge in [-0.2, -0.15) is 4.31 Å². The summed E-state index contributed by atoms with van der Waals surface area (Å²) in [6, 6.07) is 0. The molecule has 2 aliphatic carbocycles. The Morgan fingerprint density at radius 1 is 1.11 bits per heavy atom. The predicted octanol–water partition coefficient (Wildman–Crippen LogP) is 1.99. The minimum absolute atomic E-state index is 0. The van der Waals surface area contributed by atoms with Crippen LogP contribution in [-0.2, 0) is 14.8 Å². The number of rotatable bonds is 9. The summed E-state index contributed by atoms with van der Waals surface area (Å²) < 4.78 is 31.9. The molecule has 7 nitrogen and oxygen atoms in total. The Hall–Kier alpha value is -0.130. The molecule has 3 fully saturated rings. The summed E-state index contributed by atoms with van der Waals surface area (Å²) in [6.45, 7) is 7.49. The highest BCUT2D eigenvalue weighted by Gasteiger charge is 2.41. The molecule has 0 amide bonds. The fraction of sp³-hybridized carbons (Fsp3) is 0.947. The standard InChI is InChI=1S/C19H36N4O3S.HI/c1-15(2)26-12-13-27(24,25)23-10-8-22(9-11-23)19(20-3)21-14-18(16-4-5-16)17-6-7-17;/h15-18H,4-14H2,1-3H3,(H,20,21);1H. The summed E-state index contributed by atoms with van der Waals surface area (Å²) in [5.74, 6) is 3.60. The van der Waals surface area contributed by atoms with Crippen molar-refractivity contribution in [3.8, 4) is 0 Å². The first-order chi connectivity index (χ1) is 12.9. The molecule has 1 aliphatic heterocycles. The molecule has 0 spiro atoms. The van der Waals surface area contributed by atoms with Gasteiger partial charge in [-0.1, -0.05) is 0 Å². The molecule has 1 heterocycles. The van der Waals surface area contributed by atoms with E-state index in [0.29, 0.717) is 26.2 Å². The van der Waals surface area contributed by atoms with Gasteiger partial charge in [0.15, 0.2) is 5.96 Å². The monoisotopic (exact) mass is 528 g/mol. The van der Waals surface area contributed by atoms with Crippen molar-refractivity contribution in [3.63, 3.8) is 0 Å². The third-order valence-electron chi connectivity index (χ3n) is 5.89. The number of aliphatic imine (C=N–C) groups is 1. The topological polar surface area (TPSA) is 74.2 Å². The molecule has 0 aromatic heterocycles. The first-order valence-electron chi connectivity index (χ1n) is 10.5. The lowest BCUT2D eigenvalue weighted by atomic mass is 9.98. The number of halogens is 1. The Bertz CT molecular complexity index is 601. The maximum absolute atomic E-state index is 12.5. The molecule has 1 saturated heterocycles. The molecule has 1 N–H and O–H groups in total. The van der Waals surface area contributed by atoms with E-state index < -0.39 is 10.0 Å². The average Bonchev–Trinajstić information content (AvgIpc) is 3.53. The summed E-state index contributed by atoms with van der Waals surface area (Å²) in [5.41, 5.74) is 0. The minimum atomic E-state index is -3.25. The van der Waals surface area contributed by atoms with Crippen LogP contribution in [0.4, 0.5) is 0 Å². The quantitative estimate of drug-likeness (QED) is 0.282. The number of guanidine groups is 1. The van der Waals surface area contributed by atoms with Crippen LogP contribution in [0, 0.1) is 17.8 Å². The van der Waals surface area contributed by atoms with E-state index in [0.717, 1.165) is 30.3 Å². The highest BCUT2D eigenvalue weighted by Crippen LogP contribution is 2.48. The molecule has 164 valence electrons. The number of hydrogen-bond donors (Lipinski definition) is 1. The zero-order valence-electron chi connectivity index (χ0n) is 17.5. The van der Waals surface area contributed by atoms with Gasteiger partial charge in [-0.05, 0) is 57.3 Å². The summed E-state index contributed by atoms with van der Waals surface area (Å²) in [4.78, 5) is 6.63. The number of piperazine rings is 1. The van der Waals surface area contributed by atoms with Gasteiger partial charge in [-0.25, -0.2) is 8.42 Å². The Morgan fingerprint density at radius 3 is 2.14 bits per heavy atom. The van der Waals surface area contributed by atoms with Crippen LogP contribution in [0.3, 0.4) is 0 Å². The lowest BCUT2D eigenvalue weighted by Crippen LogP contribution is -2.54. The fourth-order valence-corrected chi connectivity index (χ4v) is 5.29. The van der Waals surface area contributed by atoms with Gasteiger partial charge in [0.2, 0.25) is 10.0 Å². The number of nitrogens with zero attached hydrogens (tertiary/aromatic N) is 3. The number of sulfonamides is 1. The van der Waals surface area contributed by atoms with Gasteiger partial charge in [0.1, 0.15) is 0 Å². The van der Waals surface area contributed by atoms with Crippen LogP contribution < -0.4 is 5.32 Å². The summed E-state index contributed by atoms with van der Waals surface area (Å²) >= 11 is 0. The molecule has 0 aromatic carbocycles. The van der Waals surface area contributed by atoms with Gasteiger partial charge in [-0.15, -0.1) is 24.0 Å². The lowest BCUT2D eigenvalue weighted by molar-refractivity contribution is 0.0904. The Labute approximate surface area is 187 Å².